The number of aliphatic hydroxyl groups is 1. The van der Waals surface area contributed by atoms with E-state index in [4.69, 9.17) is 4.74 Å². The highest BCUT2D eigenvalue weighted by molar-refractivity contribution is 7.99. The zero-order valence-electron chi connectivity index (χ0n) is 13.8. The SMILES string of the molecule is Cc1cccc(C)c1OC[C@@H](O)CSc1nnc(C)n1C1CC1. The largest absolute Gasteiger partial charge is 0.490 e. The minimum absolute atomic E-state index is 0.287. The number of thioether (sulfide) groups is 1. The molecule has 0 radical (unpaired) electrons. The van der Waals surface area contributed by atoms with E-state index in [0.29, 0.717) is 11.8 Å². The molecule has 1 saturated carbocycles. The Hall–Kier alpha value is -1.53. The summed E-state index contributed by atoms with van der Waals surface area (Å²) in [6.45, 7) is 6.31. The quantitative estimate of drug-likeness (QED) is 0.789. The normalized spacial score (nSPS) is 15.7. The van der Waals surface area contributed by atoms with E-state index in [1.54, 1.807) is 11.8 Å². The molecule has 0 saturated heterocycles. The standard InChI is InChI=1S/C17H23N3O2S/c1-11-5-4-6-12(2)16(11)22-9-15(21)10-23-17-19-18-13(3)20(17)14-7-8-14/h4-6,14-15,21H,7-10H2,1-3H3/t15-/m1/s1. The fourth-order valence-corrected chi connectivity index (χ4v) is 3.58. The molecule has 1 fully saturated rings. The number of hydrogen-bond acceptors (Lipinski definition) is 5. The van der Waals surface area contributed by atoms with Crippen molar-refractivity contribution in [1.29, 1.82) is 0 Å². The van der Waals surface area contributed by atoms with E-state index in [1.807, 2.05) is 39.0 Å². The van der Waals surface area contributed by atoms with Gasteiger partial charge in [0.25, 0.3) is 0 Å². The summed E-state index contributed by atoms with van der Waals surface area (Å²) in [6.07, 6.45) is 1.86. The summed E-state index contributed by atoms with van der Waals surface area (Å²) in [4.78, 5) is 0. The average Bonchev–Trinajstić information content (AvgIpc) is 3.28. The zero-order valence-corrected chi connectivity index (χ0v) is 14.6. The first-order chi connectivity index (χ1) is 11.1. The van der Waals surface area contributed by atoms with Gasteiger partial charge in [0.05, 0.1) is 6.10 Å². The third-order valence-corrected chi connectivity index (χ3v) is 5.07. The molecule has 0 unspecified atom stereocenters. The maximum absolute atomic E-state index is 10.2. The molecule has 3 rings (SSSR count). The summed E-state index contributed by atoms with van der Waals surface area (Å²) in [7, 11) is 0. The van der Waals surface area contributed by atoms with Gasteiger partial charge in [-0.2, -0.15) is 0 Å². The highest BCUT2D eigenvalue weighted by Crippen LogP contribution is 2.38. The van der Waals surface area contributed by atoms with Crippen molar-refractivity contribution < 1.29 is 9.84 Å². The molecule has 2 aromatic rings. The van der Waals surface area contributed by atoms with Crippen molar-refractivity contribution in [2.24, 2.45) is 0 Å². The molecular weight excluding hydrogens is 310 g/mol. The maximum Gasteiger partial charge on any atom is 0.191 e. The van der Waals surface area contributed by atoms with Gasteiger partial charge in [0.15, 0.2) is 5.16 Å². The van der Waals surface area contributed by atoms with Crippen LogP contribution in [0, 0.1) is 20.8 Å². The Morgan fingerprint density at radius 3 is 2.61 bits per heavy atom. The number of nitrogens with zero attached hydrogens (tertiary/aromatic N) is 3. The first-order valence-electron chi connectivity index (χ1n) is 7.97. The van der Waals surface area contributed by atoms with Crippen LogP contribution in [0.1, 0.15) is 35.8 Å². The van der Waals surface area contributed by atoms with Crippen LogP contribution in [0.15, 0.2) is 23.4 Å². The molecule has 124 valence electrons. The fraction of sp³-hybridized carbons (Fsp3) is 0.529. The molecule has 1 aromatic carbocycles. The van der Waals surface area contributed by atoms with Gasteiger partial charge >= 0.3 is 0 Å². The van der Waals surface area contributed by atoms with Gasteiger partial charge in [-0.15, -0.1) is 10.2 Å². The monoisotopic (exact) mass is 333 g/mol. The van der Waals surface area contributed by atoms with Crippen LogP contribution >= 0.6 is 11.8 Å². The van der Waals surface area contributed by atoms with Crippen molar-refractivity contribution in [1.82, 2.24) is 14.8 Å². The van der Waals surface area contributed by atoms with Crippen molar-refractivity contribution in [3.8, 4) is 5.75 Å². The van der Waals surface area contributed by atoms with Crippen LogP contribution in [0.25, 0.3) is 0 Å². The molecule has 0 spiro atoms. The first-order valence-corrected chi connectivity index (χ1v) is 8.96. The van der Waals surface area contributed by atoms with Crippen LogP contribution in [0.5, 0.6) is 5.75 Å². The summed E-state index contributed by atoms with van der Waals surface area (Å²) >= 11 is 1.55. The van der Waals surface area contributed by atoms with Crippen LogP contribution in [-0.2, 0) is 0 Å². The van der Waals surface area contributed by atoms with Gasteiger partial charge in [-0.1, -0.05) is 30.0 Å². The molecule has 23 heavy (non-hydrogen) atoms. The van der Waals surface area contributed by atoms with Crippen molar-refractivity contribution in [2.75, 3.05) is 12.4 Å². The Morgan fingerprint density at radius 2 is 1.96 bits per heavy atom. The number of aryl methyl sites for hydroxylation is 3. The Morgan fingerprint density at radius 1 is 1.26 bits per heavy atom. The molecule has 6 heteroatoms. The lowest BCUT2D eigenvalue weighted by Crippen LogP contribution is -2.21. The highest BCUT2D eigenvalue weighted by atomic mass is 32.2. The molecular formula is C17H23N3O2S. The molecule has 0 aliphatic heterocycles. The van der Waals surface area contributed by atoms with Gasteiger partial charge in [-0.25, -0.2) is 0 Å². The van der Waals surface area contributed by atoms with E-state index in [2.05, 4.69) is 14.8 Å². The molecule has 1 aliphatic rings. The van der Waals surface area contributed by atoms with E-state index in [1.165, 1.54) is 12.8 Å². The van der Waals surface area contributed by atoms with Gasteiger partial charge in [0.2, 0.25) is 0 Å². The maximum atomic E-state index is 10.2. The lowest BCUT2D eigenvalue weighted by atomic mass is 10.1. The summed E-state index contributed by atoms with van der Waals surface area (Å²) < 4.78 is 7.99. The van der Waals surface area contributed by atoms with Gasteiger partial charge in [0, 0.05) is 11.8 Å². The molecule has 0 amide bonds. The van der Waals surface area contributed by atoms with E-state index in [-0.39, 0.29) is 6.61 Å². The van der Waals surface area contributed by atoms with E-state index >= 15 is 0 Å². The lowest BCUT2D eigenvalue weighted by Gasteiger charge is -2.15. The summed E-state index contributed by atoms with van der Waals surface area (Å²) in [5.74, 6) is 2.38. The van der Waals surface area contributed by atoms with Crippen LogP contribution in [-0.4, -0.2) is 38.3 Å². The van der Waals surface area contributed by atoms with Crippen LogP contribution in [0.2, 0.25) is 0 Å². The number of hydrogen-bond donors (Lipinski definition) is 1. The second kappa shape index (κ2) is 6.93. The fourth-order valence-electron chi connectivity index (χ4n) is 2.63. The van der Waals surface area contributed by atoms with Crippen LogP contribution < -0.4 is 4.74 Å². The molecule has 1 aromatic heterocycles. The second-order valence-corrected chi connectivity index (χ2v) is 7.11. The van der Waals surface area contributed by atoms with Crippen molar-refractivity contribution in [3.05, 3.63) is 35.2 Å². The summed E-state index contributed by atoms with van der Waals surface area (Å²) in [5.41, 5.74) is 2.18. The minimum Gasteiger partial charge on any atom is -0.490 e. The first kappa shape index (κ1) is 16.3. The smallest absolute Gasteiger partial charge is 0.191 e. The molecule has 1 heterocycles. The van der Waals surface area contributed by atoms with Crippen LogP contribution in [0.4, 0.5) is 0 Å². The average molecular weight is 333 g/mol. The van der Waals surface area contributed by atoms with Crippen molar-refractivity contribution in [2.45, 2.75) is 50.9 Å². The zero-order chi connectivity index (χ0) is 16.4. The second-order valence-electron chi connectivity index (χ2n) is 6.13. The topological polar surface area (TPSA) is 60.2 Å². The lowest BCUT2D eigenvalue weighted by molar-refractivity contribution is 0.125. The molecule has 5 nitrogen and oxygen atoms in total. The van der Waals surface area contributed by atoms with Gasteiger partial charge in [-0.3, -0.25) is 0 Å². The number of para-hydroxylation sites is 1. The van der Waals surface area contributed by atoms with Gasteiger partial charge in [-0.05, 0) is 44.7 Å². The third-order valence-electron chi connectivity index (χ3n) is 3.98. The van der Waals surface area contributed by atoms with E-state index < -0.39 is 6.10 Å². The predicted octanol–water partition coefficient (Wildman–Crippen LogP) is 3.07. The summed E-state index contributed by atoms with van der Waals surface area (Å²) in [6, 6.07) is 6.60. The predicted molar refractivity (Wildman–Crippen MR) is 91.2 cm³/mol. The minimum atomic E-state index is -0.538. The highest BCUT2D eigenvalue weighted by Gasteiger charge is 2.28. The Bertz CT molecular complexity index is 662. The number of rotatable bonds is 7. The Kier molecular flexibility index (Phi) is 4.92. The Balaban J connectivity index is 1.53. The number of ether oxygens (including phenoxy) is 1. The van der Waals surface area contributed by atoms with Crippen molar-refractivity contribution in [3.63, 3.8) is 0 Å². The molecule has 1 N–H and O–H groups in total. The van der Waals surface area contributed by atoms with Gasteiger partial charge in [0.1, 0.15) is 18.2 Å². The van der Waals surface area contributed by atoms with E-state index in [0.717, 1.165) is 27.9 Å². The number of benzene rings is 1. The Labute approximate surface area is 141 Å². The molecule has 0 bridgehead atoms. The number of aliphatic hydroxyl groups excluding tert-OH is 1. The van der Waals surface area contributed by atoms with E-state index in [9.17, 15) is 5.11 Å². The number of aromatic nitrogens is 3. The third kappa shape index (κ3) is 3.87. The van der Waals surface area contributed by atoms with Crippen LogP contribution in [0.3, 0.4) is 0 Å². The van der Waals surface area contributed by atoms with Gasteiger partial charge < -0.3 is 14.4 Å². The molecule has 1 atom stereocenters. The molecule has 1 aliphatic carbocycles. The summed E-state index contributed by atoms with van der Waals surface area (Å²) in [5, 5.41) is 19.5. The van der Waals surface area contributed by atoms with Crippen molar-refractivity contribution >= 4 is 11.8 Å².